The first-order valence-electron chi connectivity index (χ1n) is 7.96. The van der Waals surface area contributed by atoms with Crippen LogP contribution < -0.4 is 0 Å². The zero-order valence-electron chi connectivity index (χ0n) is 13.7. The van der Waals surface area contributed by atoms with Crippen molar-refractivity contribution < 1.29 is 21.2 Å². The molecular weight excluding hydrogens is 401 g/mol. The van der Waals surface area contributed by atoms with E-state index in [-0.39, 0.29) is 35.7 Å². The third-order valence-electron chi connectivity index (χ3n) is 4.43. The van der Waals surface area contributed by atoms with Gasteiger partial charge in [-0.05, 0) is 61.4 Å². The van der Waals surface area contributed by atoms with Crippen molar-refractivity contribution in [2.45, 2.75) is 27.9 Å². The maximum absolute atomic E-state index is 13.0. The number of hydrogen-bond acceptors (Lipinski definition) is 4. The van der Waals surface area contributed by atoms with E-state index in [1.54, 1.807) is 0 Å². The van der Waals surface area contributed by atoms with Crippen molar-refractivity contribution >= 4 is 31.5 Å². The van der Waals surface area contributed by atoms with Crippen molar-refractivity contribution in [3.63, 3.8) is 0 Å². The molecule has 0 radical (unpaired) electrons. The summed E-state index contributed by atoms with van der Waals surface area (Å²) in [4.78, 5) is 0.180. The lowest BCUT2D eigenvalue weighted by atomic mass is 10.2. The van der Waals surface area contributed by atoms with E-state index in [0.29, 0.717) is 5.02 Å². The molecule has 26 heavy (non-hydrogen) atoms. The SMILES string of the molecule is O=S(=O)(c1ccc(F)cc1)C1CCN(S(=O)(=O)c2ccc(Cl)cc2)CC1. The van der Waals surface area contributed by atoms with Crippen LogP contribution in [-0.2, 0) is 19.9 Å². The zero-order valence-corrected chi connectivity index (χ0v) is 16.1. The lowest BCUT2D eigenvalue weighted by Gasteiger charge is -2.31. The van der Waals surface area contributed by atoms with Crippen LogP contribution in [0.3, 0.4) is 0 Å². The van der Waals surface area contributed by atoms with Crippen molar-refractivity contribution in [2.75, 3.05) is 13.1 Å². The molecule has 3 rings (SSSR count). The molecule has 2 aromatic carbocycles. The zero-order chi connectivity index (χ0) is 18.9. The van der Waals surface area contributed by atoms with Crippen molar-refractivity contribution in [1.82, 2.24) is 4.31 Å². The first-order chi connectivity index (χ1) is 12.2. The normalized spacial score (nSPS) is 17.3. The molecule has 0 spiro atoms. The molecule has 1 saturated heterocycles. The Morgan fingerprint density at radius 2 is 1.35 bits per heavy atom. The van der Waals surface area contributed by atoms with Crippen LogP contribution in [0.4, 0.5) is 4.39 Å². The van der Waals surface area contributed by atoms with E-state index in [0.717, 1.165) is 12.1 Å². The van der Waals surface area contributed by atoms with Crippen LogP contribution in [0.2, 0.25) is 5.02 Å². The molecule has 1 aliphatic rings. The van der Waals surface area contributed by atoms with Crippen molar-refractivity contribution in [2.24, 2.45) is 0 Å². The molecule has 0 saturated carbocycles. The topological polar surface area (TPSA) is 71.5 Å². The van der Waals surface area contributed by atoms with Crippen LogP contribution in [0.15, 0.2) is 58.3 Å². The third-order valence-corrected chi connectivity index (χ3v) is 8.88. The van der Waals surface area contributed by atoms with Crippen LogP contribution in [0.25, 0.3) is 0 Å². The maximum Gasteiger partial charge on any atom is 0.243 e. The molecule has 9 heteroatoms. The lowest BCUT2D eigenvalue weighted by Crippen LogP contribution is -2.42. The molecule has 1 fully saturated rings. The second-order valence-corrected chi connectivity index (χ2v) is 10.7. The lowest BCUT2D eigenvalue weighted by molar-refractivity contribution is 0.345. The molecule has 1 aliphatic heterocycles. The molecule has 0 bridgehead atoms. The second kappa shape index (κ2) is 7.26. The molecule has 2 aromatic rings. The smallest absolute Gasteiger partial charge is 0.223 e. The monoisotopic (exact) mass is 417 g/mol. The highest BCUT2D eigenvalue weighted by atomic mass is 35.5. The standard InChI is InChI=1S/C17H17ClFNO4S2/c18-13-1-5-17(6-2-13)26(23,24)20-11-9-16(10-12-20)25(21,22)15-7-3-14(19)4-8-15/h1-8,16H,9-12H2. The quantitative estimate of drug-likeness (QED) is 0.716. The van der Waals surface area contributed by atoms with Gasteiger partial charge in [0.05, 0.1) is 15.0 Å². The van der Waals surface area contributed by atoms with Gasteiger partial charge in [0.2, 0.25) is 10.0 Å². The Balaban J connectivity index is 1.74. The van der Waals surface area contributed by atoms with Crippen LogP contribution >= 0.6 is 11.6 Å². The summed E-state index contributed by atoms with van der Waals surface area (Å²) in [5.74, 6) is -0.507. The van der Waals surface area contributed by atoms with E-state index in [9.17, 15) is 21.2 Å². The molecule has 0 unspecified atom stereocenters. The predicted molar refractivity (Wildman–Crippen MR) is 96.8 cm³/mol. The van der Waals surface area contributed by atoms with Crippen molar-refractivity contribution in [3.8, 4) is 0 Å². The largest absolute Gasteiger partial charge is 0.243 e. The fourth-order valence-corrected chi connectivity index (χ4v) is 6.28. The molecule has 140 valence electrons. The Hall–Kier alpha value is -1.48. The highest BCUT2D eigenvalue weighted by molar-refractivity contribution is 7.92. The molecule has 1 heterocycles. The van der Waals surface area contributed by atoms with Crippen molar-refractivity contribution in [3.05, 3.63) is 59.4 Å². The van der Waals surface area contributed by atoms with Gasteiger partial charge in [-0.2, -0.15) is 4.31 Å². The molecule has 5 nitrogen and oxygen atoms in total. The summed E-state index contributed by atoms with van der Waals surface area (Å²) in [5.41, 5.74) is 0. The van der Waals surface area contributed by atoms with Gasteiger partial charge in [0.1, 0.15) is 5.82 Å². The Bertz CT molecular complexity index is 899. The Kier molecular flexibility index (Phi) is 5.39. The number of rotatable bonds is 4. The first kappa shape index (κ1) is 19.3. The minimum absolute atomic E-state index is 0.0536. The van der Waals surface area contributed by atoms with Gasteiger partial charge >= 0.3 is 0 Å². The van der Waals surface area contributed by atoms with Gasteiger partial charge in [-0.15, -0.1) is 0 Å². The number of sulfone groups is 1. The fraction of sp³-hybridized carbons (Fsp3) is 0.294. The van der Waals surface area contributed by atoms with Gasteiger partial charge in [0.15, 0.2) is 9.84 Å². The van der Waals surface area contributed by atoms with E-state index in [4.69, 9.17) is 11.6 Å². The summed E-state index contributed by atoms with van der Waals surface area (Å²) in [6, 6.07) is 10.5. The first-order valence-corrected chi connectivity index (χ1v) is 11.3. The summed E-state index contributed by atoms with van der Waals surface area (Å²) in [6.07, 6.45) is 0.374. The minimum atomic E-state index is -3.69. The highest BCUT2D eigenvalue weighted by Crippen LogP contribution is 2.28. The number of hydrogen-bond donors (Lipinski definition) is 0. The number of sulfonamides is 1. The van der Waals surface area contributed by atoms with Crippen LogP contribution in [-0.4, -0.2) is 39.5 Å². The van der Waals surface area contributed by atoms with Crippen molar-refractivity contribution in [1.29, 1.82) is 0 Å². The molecular formula is C17H17ClFNO4S2. The number of nitrogens with zero attached hydrogens (tertiary/aromatic N) is 1. The molecule has 0 aromatic heterocycles. The Morgan fingerprint density at radius 3 is 1.88 bits per heavy atom. The number of halogens is 2. The summed E-state index contributed by atoms with van der Waals surface area (Å²) < 4.78 is 64.9. The summed E-state index contributed by atoms with van der Waals surface area (Å²) in [6.45, 7) is 0.214. The Labute approximate surface area is 157 Å². The highest BCUT2D eigenvalue weighted by Gasteiger charge is 2.35. The number of piperidine rings is 1. The van der Waals surface area contributed by atoms with Gasteiger partial charge in [-0.3, -0.25) is 0 Å². The van der Waals surface area contributed by atoms with Gasteiger partial charge in [0.25, 0.3) is 0 Å². The summed E-state index contributed by atoms with van der Waals surface area (Å²) in [7, 11) is -7.31. The molecule has 0 atom stereocenters. The predicted octanol–water partition coefficient (Wildman–Crippen LogP) is 3.11. The van der Waals surface area contributed by atoms with Crippen LogP contribution in [0.5, 0.6) is 0 Å². The maximum atomic E-state index is 13.0. The summed E-state index contributed by atoms with van der Waals surface area (Å²) in [5, 5.41) is -0.252. The molecule has 0 N–H and O–H groups in total. The van der Waals surface area contributed by atoms with E-state index in [1.165, 1.54) is 40.7 Å². The fourth-order valence-electron chi connectivity index (χ4n) is 2.96. The van der Waals surface area contributed by atoms with E-state index in [1.807, 2.05) is 0 Å². The van der Waals surface area contributed by atoms with Gasteiger partial charge in [0, 0.05) is 18.1 Å². The second-order valence-electron chi connectivity index (χ2n) is 6.06. The summed E-state index contributed by atoms with van der Waals surface area (Å²) >= 11 is 5.79. The molecule has 0 aliphatic carbocycles. The average molecular weight is 418 g/mol. The average Bonchev–Trinajstić information content (AvgIpc) is 2.62. The minimum Gasteiger partial charge on any atom is -0.223 e. The van der Waals surface area contributed by atoms with E-state index < -0.39 is 30.9 Å². The van der Waals surface area contributed by atoms with E-state index in [2.05, 4.69) is 0 Å². The van der Waals surface area contributed by atoms with Gasteiger partial charge in [-0.25, -0.2) is 21.2 Å². The molecule has 0 amide bonds. The number of benzene rings is 2. The van der Waals surface area contributed by atoms with Crippen LogP contribution in [0.1, 0.15) is 12.8 Å². The van der Waals surface area contributed by atoms with Crippen LogP contribution in [0, 0.1) is 5.82 Å². The Morgan fingerprint density at radius 1 is 0.846 bits per heavy atom. The van der Waals surface area contributed by atoms with Gasteiger partial charge in [-0.1, -0.05) is 11.6 Å². The third kappa shape index (κ3) is 3.78. The van der Waals surface area contributed by atoms with E-state index >= 15 is 0 Å². The van der Waals surface area contributed by atoms with Gasteiger partial charge < -0.3 is 0 Å².